The number of hydrogen-bond acceptors (Lipinski definition) is 6. The van der Waals surface area contributed by atoms with E-state index in [1.165, 1.54) is 0 Å². The van der Waals surface area contributed by atoms with E-state index in [1.807, 2.05) is 44.4 Å². The Kier molecular flexibility index (Phi) is 6.48. The standard InChI is InChI=1S/C22H30N4O4/c1-12-10-18(30-6)17(21(27)25-12)11-24-22(28)19-14(3)26(13(2)15(4)29-5)20-16(19)8-7-9-23-20/h7-10,13,15,21,25,27H,11H2,1-6H3,(H,24,28). The summed E-state index contributed by atoms with van der Waals surface area (Å²) in [7, 11) is 3.21. The lowest BCUT2D eigenvalue weighted by Crippen LogP contribution is -2.39. The van der Waals surface area contributed by atoms with E-state index in [9.17, 15) is 9.90 Å². The highest BCUT2D eigenvalue weighted by atomic mass is 16.5. The second-order valence-corrected chi connectivity index (χ2v) is 7.54. The van der Waals surface area contributed by atoms with Gasteiger partial charge in [-0.2, -0.15) is 0 Å². The van der Waals surface area contributed by atoms with E-state index in [4.69, 9.17) is 9.47 Å². The summed E-state index contributed by atoms with van der Waals surface area (Å²) in [5.41, 5.74) is 3.48. The SMILES string of the molecule is COC1=C(CNC(=O)c2c(C)n(C(C)C(C)OC)c3ncccc23)C(O)NC(C)=C1. The van der Waals surface area contributed by atoms with Crippen LogP contribution in [0.4, 0.5) is 0 Å². The number of aliphatic hydroxyl groups excluding tert-OH is 1. The first kappa shape index (κ1) is 21.9. The molecule has 0 radical (unpaired) electrons. The molecule has 0 saturated carbocycles. The maximum atomic E-state index is 13.2. The average molecular weight is 415 g/mol. The van der Waals surface area contributed by atoms with E-state index in [0.29, 0.717) is 16.9 Å². The van der Waals surface area contributed by atoms with Gasteiger partial charge in [0.1, 0.15) is 11.4 Å². The van der Waals surface area contributed by atoms with Gasteiger partial charge >= 0.3 is 0 Å². The molecular formula is C22H30N4O4. The number of methoxy groups -OCH3 is 2. The Hall–Kier alpha value is -2.84. The number of allylic oxidation sites excluding steroid dienone is 2. The van der Waals surface area contributed by atoms with Gasteiger partial charge in [0.25, 0.3) is 5.91 Å². The van der Waals surface area contributed by atoms with Gasteiger partial charge in [-0.1, -0.05) is 0 Å². The molecule has 3 atom stereocenters. The second-order valence-electron chi connectivity index (χ2n) is 7.54. The molecule has 30 heavy (non-hydrogen) atoms. The van der Waals surface area contributed by atoms with Crippen LogP contribution in [0.15, 0.2) is 41.4 Å². The van der Waals surface area contributed by atoms with Crippen molar-refractivity contribution in [2.45, 2.75) is 46.1 Å². The van der Waals surface area contributed by atoms with Crippen molar-refractivity contribution in [3.63, 3.8) is 0 Å². The summed E-state index contributed by atoms with van der Waals surface area (Å²) in [5.74, 6) is 0.311. The predicted octanol–water partition coefficient (Wildman–Crippen LogP) is 2.40. The summed E-state index contributed by atoms with van der Waals surface area (Å²) in [6.07, 6.45) is 2.55. The maximum absolute atomic E-state index is 13.2. The summed E-state index contributed by atoms with van der Waals surface area (Å²) >= 11 is 0. The number of aromatic nitrogens is 2. The molecule has 1 aliphatic heterocycles. The number of carbonyl (C=O) groups excluding carboxylic acids is 1. The van der Waals surface area contributed by atoms with Crippen LogP contribution >= 0.6 is 0 Å². The number of amides is 1. The Balaban J connectivity index is 1.95. The third kappa shape index (κ3) is 3.93. The highest BCUT2D eigenvalue weighted by Crippen LogP contribution is 2.29. The number of fused-ring (bicyclic) bond motifs is 1. The van der Waals surface area contributed by atoms with Crippen LogP contribution in [0.5, 0.6) is 0 Å². The van der Waals surface area contributed by atoms with Crippen molar-refractivity contribution in [2.75, 3.05) is 20.8 Å². The smallest absolute Gasteiger partial charge is 0.254 e. The zero-order valence-corrected chi connectivity index (χ0v) is 18.3. The Morgan fingerprint density at radius 3 is 2.77 bits per heavy atom. The number of aliphatic hydroxyl groups is 1. The molecule has 3 N–H and O–H groups in total. The molecule has 1 aliphatic rings. The van der Waals surface area contributed by atoms with Crippen LogP contribution < -0.4 is 10.6 Å². The number of ether oxygens (including phenoxy) is 2. The Morgan fingerprint density at radius 1 is 1.37 bits per heavy atom. The normalized spacial score (nSPS) is 18.6. The lowest BCUT2D eigenvalue weighted by Gasteiger charge is -2.25. The molecule has 162 valence electrons. The molecule has 8 heteroatoms. The molecule has 0 saturated heterocycles. The summed E-state index contributed by atoms with van der Waals surface area (Å²) in [4.78, 5) is 17.7. The summed E-state index contributed by atoms with van der Waals surface area (Å²) in [5, 5.41) is 17.0. The van der Waals surface area contributed by atoms with Gasteiger partial charge in [-0.15, -0.1) is 0 Å². The fraction of sp³-hybridized carbons (Fsp3) is 0.455. The van der Waals surface area contributed by atoms with Crippen molar-refractivity contribution in [1.29, 1.82) is 0 Å². The number of rotatable bonds is 7. The molecule has 0 aliphatic carbocycles. The maximum Gasteiger partial charge on any atom is 0.254 e. The Labute approximate surface area is 176 Å². The molecule has 2 aromatic rings. The minimum Gasteiger partial charge on any atom is -0.496 e. The molecule has 0 fully saturated rings. The minimum atomic E-state index is -0.920. The van der Waals surface area contributed by atoms with Crippen LogP contribution in [0.2, 0.25) is 0 Å². The largest absolute Gasteiger partial charge is 0.496 e. The highest BCUT2D eigenvalue weighted by molar-refractivity contribution is 6.07. The highest BCUT2D eigenvalue weighted by Gasteiger charge is 2.27. The lowest BCUT2D eigenvalue weighted by molar-refractivity contribution is 0.0781. The zero-order valence-electron chi connectivity index (χ0n) is 18.3. The molecule has 8 nitrogen and oxygen atoms in total. The van der Waals surface area contributed by atoms with Crippen LogP contribution in [-0.2, 0) is 9.47 Å². The topological polar surface area (TPSA) is 97.6 Å². The first-order valence-corrected chi connectivity index (χ1v) is 9.96. The van der Waals surface area contributed by atoms with Crippen molar-refractivity contribution >= 4 is 16.9 Å². The van der Waals surface area contributed by atoms with Gasteiger partial charge in [-0.05, 0) is 45.9 Å². The monoisotopic (exact) mass is 414 g/mol. The van der Waals surface area contributed by atoms with Crippen molar-refractivity contribution in [3.05, 3.63) is 52.7 Å². The summed E-state index contributed by atoms with van der Waals surface area (Å²) in [6.45, 7) is 7.94. The fourth-order valence-electron chi connectivity index (χ4n) is 3.86. The molecule has 3 unspecified atom stereocenters. The van der Waals surface area contributed by atoms with Crippen LogP contribution in [-0.4, -0.2) is 53.7 Å². The number of nitrogens with zero attached hydrogens (tertiary/aromatic N) is 2. The molecule has 0 bridgehead atoms. The lowest BCUT2D eigenvalue weighted by atomic mass is 10.1. The number of carbonyl (C=O) groups is 1. The van der Waals surface area contributed by atoms with Crippen molar-refractivity contribution < 1.29 is 19.4 Å². The second kappa shape index (κ2) is 8.89. The summed E-state index contributed by atoms with van der Waals surface area (Å²) < 4.78 is 12.9. The van der Waals surface area contributed by atoms with E-state index in [-0.39, 0.29) is 24.6 Å². The average Bonchev–Trinajstić information content (AvgIpc) is 3.02. The molecule has 3 heterocycles. The molecule has 2 aromatic heterocycles. The van der Waals surface area contributed by atoms with Crippen molar-refractivity contribution in [2.24, 2.45) is 0 Å². The van der Waals surface area contributed by atoms with Crippen LogP contribution in [0, 0.1) is 6.92 Å². The van der Waals surface area contributed by atoms with E-state index in [1.54, 1.807) is 26.5 Å². The Morgan fingerprint density at radius 2 is 2.10 bits per heavy atom. The van der Waals surface area contributed by atoms with Crippen molar-refractivity contribution in [3.8, 4) is 0 Å². The van der Waals surface area contributed by atoms with Crippen molar-refractivity contribution in [1.82, 2.24) is 20.2 Å². The van der Waals surface area contributed by atoms with Gasteiger partial charge < -0.3 is 29.8 Å². The van der Waals surface area contributed by atoms with Gasteiger partial charge in [0.15, 0.2) is 6.23 Å². The number of hydrogen-bond donors (Lipinski definition) is 3. The predicted molar refractivity (Wildman–Crippen MR) is 115 cm³/mol. The summed E-state index contributed by atoms with van der Waals surface area (Å²) in [6, 6.07) is 3.71. The third-order valence-electron chi connectivity index (χ3n) is 5.71. The molecule has 0 spiro atoms. The van der Waals surface area contributed by atoms with E-state index in [0.717, 1.165) is 22.4 Å². The Bertz CT molecular complexity index is 1010. The molecular weight excluding hydrogens is 384 g/mol. The van der Waals surface area contributed by atoms with Gasteiger partial charge in [0, 0.05) is 42.2 Å². The van der Waals surface area contributed by atoms with E-state index < -0.39 is 6.23 Å². The minimum absolute atomic E-state index is 0.00534. The quantitative estimate of drug-likeness (QED) is 0.644. The van der Waals surface area contributed by atoms with E-state index in [2.05, 4.69) is 15.6 Å². The first-order valence-electron chi connectivity index (χ1n) is 9.96. The van der Waals surface area contributed by atoms with Gasteiger partial charge in [0.2, 0.25) is 0 Å². The molecule has 1 amide bonds. The molecule has 0 aromatic carbocycles. The zero-order chi connectivity index (χ0) is 22.0. The number of dihydropyridines is 1. The third-order valence-corrected chi connectivity index (χ3v) is 5.71. The van der Waals surface area contributed by atoms with Gasteiger partial charge in [0.05, 0.1) is 24.8 Å². The number of nitrogens with one attached hydrogen (secondary N) is 2. The van der Waals surface area contributed by atoms with Crippen LogP contribution in [0.3, 0.4) is 0 Å². The first-order chi connectivity index (χ1) is 14.3. The van der Waals surface area contributed by atoms with Gasteiger partial charge in [-0.3, -0.25) is 4.79 Å². The van der Waals surface area contributed by atoms with Crippen LogP contribution in [0.1, 0.15) is 42.9 Å². The number of pyridine rings is 1. The fourth-order valence-corrected chi connectivity index (χ4v) is 3.86. The van der Waals surface area contributed by atoms with E-state index >= 15 is 0 Å². The molecule has 3 rings (SSSR count). The van der Waals surface area contributed by atoms with Gasteiger partial charge in [-0.25, -0.2) is 4.98 Å². The van der Waals surface area contributed by atoms with Crippen LogP contribution in [0.25, 0.3) is 11.0 Å².